The molecule has 5 N–H and O–H groups in total. The van der Waals surface area contributed by atoms with Crippen LogP contribution in [0, 0.1) is 0 Å². The summed E-state index contributed by atoms with van der Waals surface area (Å²) >= 11 is 0. The third kappa shape index (κ3) is 4.03. The summed E-state index contributed by atoms with van der Waals surface area (Å²) < 4.78 is 0. The Balaban J connectivity index is 2.12. The molecular weight excluding hydrogens is 272 g/mol. The van der Waals surface area contributed by atoms with Crippen molar-refractivity contribution in [2.24, 2.45) is 10.9 Å². The fourth-order valence-electron chi connectivity index (χ4n) is 2.30. The molecule has 1 aliphatic rings. The molecule has 7 nitrogen and oxygen atoms in total. The monoisotopic (exact) mass is 290 g/mol. The van der Waals surface area contributed by atoms with Gasteiger partial charge >= 0.3 is 0 Å². The van der Waals surface area contributed by atoms with Crippen LogP contribution >= 0.6 is 0 Å². The zero-order valence-electron chi connectivity index (χ0n) is 11.5. The number of hydrogen-bond acceptors (Lipinski definition) is 5. The van der Waals surface area contributed by atoms with E-state index < -0.39 is 6.04 Å². The lowest BCUT2D eigenvalue weighted by atomic mass is 9.99. The highest BCUT2D eigenvalue weighted by molar-refractivity contribution is 6.00. The van der Waals surface area contributed by atoms with Gasteiger partial charge in [0, 0.05) is 18.9 Å². The molecule has 112 valence electrons. The topological polar surface area (TPSA) is 117 Å². The Labute approximate surface area is 122 Å². The highest BCUT2D eigenvalue weighted by Crippen LogP contribution is 2.19. The van der Waals surface area contributed by atoms with Crippen molar-refractivity contribution in [1.82, 2.24) is 10.6 Å². The van der Waals surface area contributed by atoms with E-state index in [1.54, 1.807) is 0 Å². The fraction of sp³-hybridized carbons (Fsp3) is 0.357. The van der Waals surface area contributed by atoms with E-state index in [0.29, 0.717) is 12.8 Å². The first-order chi connectivity index (χ1) is 10.1. The number of rotatable bonds is 5. The molecule has 21 heavy (non-hydrogen) atoms. The second kappa shape index (κ2) is 6.85. The maximum atomic E-state index is 11.8. The third-order valence-electron chi connectivity index (χ3n) is 3.39. The molecule has 1 heterocycles. The van der Waals surface area contributed by atoms with Gasteiger partial charge in [0.2, 0.25) is 11.8 Å². The van der Waals surface area contributed by atoms with Gasteiger partial charge < -0.3 is 10.9 Å². The van der Waals surface area contributed by atoms with Gasteiger partial charge in [0.05, 0.1) is 6.04 Å². The second-order valence-electron chi connectivity index (χ2n) is 4.93. The SMILES string of the molecule is NC(CC(NC1CCC(=O)NC1=O)c1ccccc1)=NO. The third-order valence-corrected chi connectivity index (χ3v) is 3.39. The standard InChI is InChI=1S/C14H18N4O3/c15-12(18-21)8-11(9-4-2-1-3-5-9)16-10-6-7-13(19)17-14(10)20/h1-5,10-11,16,21H,6-8H2,(H2,15,18)(H,17,19,20). The first kappa shape index (κ1) is 15.0. The van der Waals surface area contributed by atoms with Crippen molar-refractivity contribution in [3.05, 3.63) is 35.9 Å². The van der Waals surface area contributed by atoms with Gasteiger partial charge in [-0.1, -0.05) is 35.5 Å². The molecule has 1 saturated heterocycles. The first-order valence-corrected chi connectivity index (χ1v) is 6.71. The molecule has 1 aliphatic heterocycles. The maximum Gasteiger partial charge on any atom is 0.243 e. The van der Waals surface area contributed by atoms with Gasteiger partial charge in [0.25, 0.3) is 0 Å². The molecule has 0 spiro atoms. The second-order valence-corrected chi connectivity index (χ2v) is 4.93. The Morgan fingerprint density at radius 2 is 2.14 bits per heavy atom. The van der Waals surface area contributed by atoms with Crippen LogP contribution in [0.4, 0.5) is 0 Å². The van der Waals surface area contributed by atoms with Gasteiger partial charge in [0.1, 0.15) is 5.84 Å². The quantitative estimate of drug-likeness (QED) is 0.204. The van der Waals surface area contributed by atoms with Crippen molar-refractivity contribution in [1.29, 1.82) is 0 Å². The summed E-state index contributed by atoms with van der Waals surface area (Å²) in [6, 6.07) is 8.69. The summed E-state index contributed by atoms with van der Waals surface area (Å²) in [6.07, 6.45) is 0.997. The molecule has 1 aromatic carbocycles. The Bertz CT molecular complexity index is 544. The van der Waals surface area contributed by atoms with E-state index in [9.17, 15) is 9.59 Å². The van der Waals surface area contributed by atoms with Crippen LogP contribution in [-0.4, -0.2) is 28.9 Å². The van der Waals surface area contributed by atoms with E-state index in [4.69, 9.17) is 10.9 Å². The van der Waals surface area contributed by atoms with Crippen LogP contribution in [0.3, 0.4) is 0 Å². The molecule has 1 aromatic rings. The van der Waals surface area contributed by atoms with Crippen LogP contribution in [0.25, 0.3) is 0 Å². The average Bonchev–Trinajstić information content (AvgIpc) is 2.49. The zero-order valence-corrected chi connectivity index (χ0v) is 11.5. The minimum absolute atomic E-state index is 0.0728. The van der Waals surface area contributed by atoms with Crippen LogP contribution in [0.1, 0.15) is 30.9 Å². The Morgan fingerprint density at radius 1 is 1.43 bits per heavy atom. The normalized spacial score (nSPS) is 21.0. The van der Waals surface area contributed by atoms with Gasteiger partial charge in [-0.05, 0) is 12.0 Å². The number of benzene rings is 1. The summed E-state index contributed by atoms with van der Waals surface area (Å²) in [5, 5.41) is 17.2. The number of piperidine rings is 1. The summed E-state index contributed by atoms with van der Waals surface area (Å²) in [5.41, 5.74) is 6.50. The molecular formula is C14H18N4O3. The van der Waals surface area contributed by atoms with E-state index in [1.807, 2.05) is 30.3 Å². The molecule has 0 radical (unpaired) electrons. The van der Waals surface area contributed by atoms with Crippen molar-refractivity contribution < 1.29 is 14.8 Å². The number of imide groups is 1. The van der Waals surface area contributed by atoms with Crippen molar-refractivity contribution in [2.45, 2.75) is 31.3 Å². The van der Waals surface area contributed by atoms with Crippen molar-refractivity contribution in [3.8, 4) is 0 Å². The van der Waals surface area contributed by atoms with Crippen molar-refractivity contribution in [2.75, 3.05) is 0 Å². The molecule has 2 unspecified atom stereocenters. The predicted octanol–water partition coefficient (Wildman–Crippen LogP) is 0.259. The van der Waals surface area contributed by atoms with Crippen molar-refractivity contribution in [3.63, 3.8) is 0 Å². The maximum absolute atomic E-state index is 11.8. The summed E-state index contributed by atoms with van der Waals surface area (Å²) in [5.74, 6) is -0.527. The lowest BCUT2D eigenvalue weighted by molar-refractivity contribution is -0.134. The van der Waals surface area contributed by atoms with Crippen LogP contribution in [-0.2, 0) is 9.59 Å². The number of nitrogens with two attached hydrogens (primary N) is 1. The largest absolute Gasteiger partial charge is 0.409 e. The van der Waals surface area contributed by atoms with Crippen LogP contribution in [0.15, 0.2) is 35.5 Å². The molecule has 2 amide bonds. The Kier molecular flexibility index (Phi) is 4.89. The smallest absolute Gasteiger partial charge is 0.243 e. The molecule has 0 bridgehead atoms. The number of amidine groups is 1. The van der Waals surface area contributed by atoms with E-state index in [2.05, 4.69) is 15.8 Å². The van der Waals surface area contributed by atoms with Gasteiger partial charge in [0.15, 0.2) is 0 Å². The Hall–Kier alpha value is -2.41. The highest BCUT2D eigenvalue weighted by Gasteiger charge is 2.29. The van der Waals surface area contributed by atoms with E-state index in [-0.39, 0.29) is 30.1 Å². The molecule has 2 rings (SSSR count). The van der Waals surface area contributed by atoms with Gasteiger partial charge in [-0.15, -0.1) is 0 Å². The molecule has 7 heteroatoms. The number of nitrogens with one attached hydrogen (secondary N) is 2. The minimum atomic E-state index is -0.473. The summed E-state index contributed by atoms with van der Waals surface area (Å²) in [4.78, 5) is 23.0. The van der Waals surface area contributed by atoms with Crippen LogP contribution < -0.4 is 16.4 Å². The summed E-state index contributed by atoms with van der Waals surface area (Å²) in [7, 11) is 0. The number of amides is 2. The minimum Gasteiger partial charge on any atom is -0.409 e. The predicted molar refractivity (Wildman–Crippen MR) is 76.5 cm³/mol. The van der Waals surface area contributed by atoms with E-state index in [0.717, 1.165) is 5.56 Å². The molecule has 0 saturated carbocycles. The number of carbonyl (C=O) groups excluding carboxylic acids is 2. The molecule has 1 fully saturated rings. The lowest BCUT2D eigenvalue weighted by Crippen LogP contribution is -2.51. The van der Waals surface area contributed by atoms with E-state index in [1.165, 1.54) is 0 Å². The van der Waals surface area contributed by atoms with Gasteiger partial charge in [-0.3, -0.25) is 20.2 Å². The van der Waals surface area contributed by atoms with Crippen LogP contribution in [0.2, 0.25) is 0 Å². The number of nitrogens with zero attached hydrogens (tertiary/aromatic N) is 1. The van der Waals surface area contributed by atoms with Crippen molar-refractivity contribution >= 4 is 17.6 Å². The lowest BCUT2D eigenvalue weighted by Gasteiger charge is -2.27. The number of oxime groups is 1. The number of carbonyl (C=O) groups is 2. The number of hydrogen-bond donors (Lipinski definition) is 4. The van der Waals surface area contributed by atoms with E-state index >= 15 is 0 Å². The molecule has 0 aliphatic carbocycles. The molecule has 0 aromatic heterocycles. The Morgan fingerprint density at radius 3 is 2.76 bits per heavy atom. The highest BCUT2D eigenvalue weighted by atomic mass is 16.4. The average molecular weight is 290 g/mol. The summed E-state index contributed by atoms with van der Waals surface area (Å²) in [6.45, 7) is 0. The van der Waals surface area contributed by atoms with Gasteiger partial charge in [-0.25, -0.2) is 0 Å². The zero-order chi connectivity index (χ0) is 15.2. The van der Waals surface area contributed by atoms with Gasteiger partial charge in [-0.2, -0.15) is 0 Å². The van der Waals surface area contributed by atoms with Crippen LogP contribution in [0.5, 0.6) is 0 Å². The molecule has 2 atom stereocenters. The first-order valence-electron chi connectivity index (χ1n) is 6.71. The fourth-order valence-corrected chi connectivity index (χ4v) is 2.30.